The fraction of sp³-hybridized carbons (Fsp3) is 0.143. The molecule has 3 aromatic rings. The Labute approximate surface area is 109 Å². The van der Waals surface area contributed by atoms with Gasteiger partial charge in [-0.25, -0.2) is 14.4 Å². The number of hydrogen-bond acceptors (Lipinski definition) is 3. The molecule has 0 fully saturated rings. The van der Waals surface area contributed by atoms with Gasteiger partial charge in [0, 0.05) is 18.0 Å². The van der Waals surface area contributed by atoms with Gasteiger partial charge in [0.15, 0.2) is 5.65 Å². The molecule has 2 heterocycles. The highest BCUT2D eigenvalue weighted by Gasteiger charge is 2.12. The maximum absolute atomic E-state index is 13.0. The number of rotatable bonds is 3. The van der Waals surface area contributed by atoms with Crippen LogP contribution in [0.4, 0.5) is 4.39 Å². The Balaban J connectivity index is 2.20. The van der Waals surface area contributed by atoms with Crippen LogP contribution in [-0.4, -0.2) is 21.4 Å². The Hall–Kier alpha value is -2.27. The van der Waals surface area contributed by atoms with Crippen LogP contribution < -0.4 is 5.32 Å². The van der Waals surface area contributed by atoms with Crippen molar-refractivity contribution in [3.05, 3.63) is 54.4 Å². The lowest BCUT2D eigenvalue weighted by Gasteiger charge is -1.98. The van der Waals surface area contributed by atoms with Crippen molar-refractivity contribution in [2.45, 2.75) is 6.54 Å². The molecule has 0 bridgehead atoms. The van der Waals surface area contributed by atoms with E-state index in [2.05, 4.69) is 15.3 Å². The molecule has 0 saturated heterocycles. The summed E-state index contributed by atoms with van der Waals surface area (Å²) in [5.74, 6) is 0.626. The van der Waals surface area contributed by atoms with E-state index in [4.69, 9.17) is 0 Å². The number of nitrogens with one attached hydrogen (secondary N) is 1. The molecule has 19 heavy (non-hydrogen) atoms. The monoisotopic (exact) mass is 256 g/mol. The fourth-order valence-corrected chi connectivity index (χ4v) is 2.07. The number of aromatic nitrogens is 3. The summed E-state index contributed by atoms with van der Waals surface area (Å²) in [6, 6.07) is 8.16. The van der Waals surface area contributed by atoms with Gasteiger partial charge in [-0.3, -0.25) is 4.40 Å². The van der Waals surface area contributed by atoms with E-state index in [9.17, 15) is 4.39 Å². The van der Waals surface area contributed by atoms with E-state index in [1.54, 1.807) is 18.3 Å². The average molecular weight is 256 g/mol. The normalized spacial score (nSPS) is 11.1. The number of halogens is 1. The predicted octanol–water partition coefficient (Wildman–Crippen LogP) is 2.25. The zero-order valence-corrected chi connectivity index (χ0v) is 10.5. The molecule has 0 atom stereocenters. The Morgan fingerprint density at radius 1 is 1.26 bits per heavy atom. The first-order chi connectivity index (χ1) is 9.29. The number of fused-ring (bicyclic) bond motifs is 1. The highest BCUT2D eigenvalue weighted by atomic mass is 19.1. The summed E-state index contributed by atoms with van der Waals surface area (Å²) < 4.78 is 14.9. The van der Waals surface area contributed by atoms with E-state index in [0.29, 0.717) is 6.54 Å². The smallest absolute Gasteiger partial charge is 0.164 e. The topological polar surface area (TPSA) is 42.2 Å². The van der Waals surface area contributed by atoms with Crippen molar-refractivity contribution in [2.24, 2.45) is 0 Å². The summed E-state index contributed by atoms with van der Waals surface area (Å²) in [7, 11) is 1.87. The summed E-state index contributed by atoms with van der Waals surface area (Å²) in [6.45, 7) is 0.647. The minimum Gasteiger partial charge on any atom is -0.313 e. The molecule has 0 aliphatic carbocycles. The van der Waals surface area contributed by atoms with Gasteiger partial charge >= 0.3 is 0 Å². The largest absolute Gasteiger partial charge is 0.313 e. The number of nitrogens with zero attached hydrogens (tertiary/aromatic N) is 3. The van der Waals surface area contributed by atoms with Crippen molar-refractivity contribution >= 4 is 5.65 Å². The molecule has 2 aromatic heterocycles. The first kappa shape index (κ1) is 11.8. The lowest BCUT2D eigenvalue weighted by molar-refractivity contribution is 0.628. The second-order valence-corrected chi connectivity index (χ2v) is 4.23. The van der Waals surface area contributed by atoms with Crippen LogP contribution in [0.2, 0.25) is 0 Å². The molecule has 1 aromatic carbocycles. The van der Waals surface area contributed by atoms with Crippen LogP contribution in [0.3, 0.4) is 0 Å². The first-order valence-corrected chi connectivity index (χ1v) is 6.02. The lowest BCUT2D eigenvalue weighted by atomic mass is 10.1. The lowest BCUT2D eigenvalue weighted by Crippen LogP contribution is -2.08. The first-order valence-electron chi connectivity index (χ1n) is 6.02. The molecule has 0 aliphatic rings. The molecule has 5 heteroatoms. The number of hydrogen-bond donors (Lipinski definition) is 1. The zero-order valence-electron chi connectivity index (χ0n) is 10.5. The highest BCUT2D eigenvalue weighted by Crippen LogP contribution is 2.23. The van der Waals surface area contributed by atoms with Gasteiger partial charge in [0.2, 0.25) is 0 Å². The Morgan fingerprint density at radius 2 is 2.05 bits per heavy atom. The van der Waals surface area contributed by atoms with Crippen LogP contribution >= 0.6 is 0 Å². The predicted molar refractivity (Wildman–Crippen MR) is 71.1 cm³/mol. The minimum atomic E-state index is -0.254. The van der Waals surface area contributed by atoms with Crippen LogP contribution in [0, 0.1) is 5.82 Å². The second-order valence-electron chi connectivity index (χ2n) is 4.23. The van der Waals surface area contributed by atoms with Crippen molar-refractivity contribution in [1.29, 1.82) is 0 Å². The van der Waals surface area contributed by atoms with Gasteiger partial charge in [0.05, 0.1) is 6.54 Å². The highest BCUT2D eigenvalue weighted by molar-refractivity contribution is 5.74. The van der Waals surface area contributed by atoms with Gasteiger partial charge in [-0.2, -0.15) is 0 Å². The van der Waals surface area contributed by atoms with E-state index in [1.165, 1.54) is 12.1 Å². The van der Waals surface area contributed by atoms with Crippen molar-refractivity contribution < 1.29 is 4.39 Å². The molecule has 0 saturated carbocycles. The van der Waals surface area contributed by atoms with Crippen LogP contribution in [-0.2, 0) is 6.54 Å². The molecule has 0 aliphatic heterocycles. The van der Waals surface area contributed by atoms with E-state index >= 15 is 0 Å². The third-order valence-corrected chi connectivity index (χ3v) is 2.93. The van der Waals surface area contributed by atoms with E-state index in [1.807, 2.05) is 23.7 Å². The molecule has 0 spiro atoms. The summed E-state index contributed by atoms with van der Waals surface area (Å²) in [5, 5.41) is 3.08. The SMILES string of the molecule is CNCc1nc(-c2ccc(F)cc2)c2ncccn12. The van der Waals surface area contributed by atoms with Crippen molar-refractivity contribution in [3.63, 3.8) is 0 Å². The Kier molecular flexibility index (Phi) is 2.97. The van der Waals surface area contributed by atoms with Crippen molar-refractivity contribution in [2.75, 3.05) is 7.05 Å². The molecular weight excluding hydrogens is 243 g/mol. The quantitative estimate of drug-likeness (QED) is 0.781. The molecule has 4 nitrogen and oxygen atoms in total. The van der Waals surface area contributed by atoms with Crippen LogP contribution in [0.5, 0.6) is 0 Å². The van der Waals surface area contributed by atoms with Gasteiger partial charge < -0.3 is 5.32 Å². The Bertz CT molecular complexity index is 703. The molecule has 1 N–H and O–H groups in total. The molecule has 0 unspecified atom stereocenters. The minimum absolute atomic E-state index is 0.254. The van der Waals surface area contributed by atoms with Gasteiger partial charge in [-0.1, -0.05) is 0 Å². The summed E-state index contributed by atoms with van der Waals surface area (Å²) >= 11 is 0. The van der Waals surface area contributed by atoms with E-state index < -0.39 is 0 Å². The maximum atomic E-state index is 13.0. The van der Waals surface area contributed by atoms with Crippen molar-refractivity contribution in [3.8, 4) is 11.3 Å². The van der Waals surface area contributed by atoms with E-state index in [0.717, 1.165) is 22.7 Å². The van der Waals surface area contributed by atoms with Crippen LogP contribution in [0.1, 0.15) is 5.82 Å². The van der Waals surface area contributed by atoms with Gasteiger partial charge in [-0.15, -0.1) is 0 Å². The van der Waals surface area contributed by atoms with Crippen LogP contribution in [0.25, 0.3) is 16.9 Å². The zero-order chi connectivity index (χ0) is 13.2. The van der Waals surface area contributed by atoms with Gasteiger partial charge in [0.25, 0.3) is 0 Å². The standard InChI is InChI=1S/C14H13FN4/c1-16-9-12-18-13(10-3-5-11(15)6-4-10)14-17-7-2-8-19(12)14/h2-8,16H,9H2,1H3. The second kappa shape index (κ2) is 4.78. The average Bonchev–Trinajstić information content (AvgIpc) is 2.80. The van der Waals surface area contributed by atoms with Crippen molar-refractivity contribution in [1.82, 2.24) is 19.7 Å². The number of benzene rings is 1. The summed E-state index contributed by atoms with van der Waals surface area (Å²) in [6.07, 6.45) is 3.65. The van der Waals surface area contributed by atoms with E-state index in [-0.39, 0.29) is 5.82 Å². The summed E-state index contributed by atoms with van der Waals surface area (Å²) in [4.78, 5) is 8.96. The third kappa shape index (κ3) is 2.08. The van der Waals surface area contributed by atoms with Crippen LogP contribution in [0.15, 0.2) is 42.7 Å². The summed E-state index contributed by atoms with van der Waals surface area (Å²) in [5.41, 5.74) is 2.41. The number of imidazole rings is 1. The molecule has 3 rings (SSSR count). The molecule has 0 radical (unpaired) electrons. The fourth-order valence-electron chi connectivity index (χ4n) is 2.07. The molecular formula is C14H13FN4. The third-order valence-electron chi connectivity index (χ3n) is 2.93. The molecule has 96 valence electrons. The van der Waals surface area contributed by atoms with Gasteiger partial charge in [-0.05, 0) is 37.4 Å². The molecule has 0 amide bonds. The Morgan fingerprint density at radius 3 is 2.79 bits per heavy atom. The van der Waals surface area contributed by atoms with Gasteiger partial charge in [0.1, 0.15) is 17.3 Å². The maximum Gasteiger partial charge on any atom is 0.164 e.